The highest BCUT2D eigenvalue weighted by Crippen LogP contribution is 2.15. The van der Waals surface area contributed by atoms with Crippen molar-refractivity contribution in [3.63, 3.8) is 0 Å². The molecule has 0 fully saturated rings. The number of hydrogen-bond acceptors (Lipinski definition) is 1. The number of nitrogens with zero attached hydrogens (tertiary/aromatic N) is 1. The number of aliphatic imine (C=N–C) groups is 1. The first-order valence-corrected chi connectivity index (χ1v) is 6.66. The van der Waals surface area contributed by atoms with Crippen LogP contribution < -0.4 is 11.1 Å². The molecular formula is C15H26IN3. The fourth-order valence-corrected chi connectivity index (χ4v) is 1.64. The summed E-state index contributed by atoms with van der Waals surface area (Å²) in [5, 5.41) is 3.17. The molecule has 0 aliphatic heterocycles. The van der Waals surface area contributed by atoms with E-state index in [-0.39, 0.29) is 24.0 Å². The fraction of sp³-hybridized carbons (Fsp3) is 0.533. The van der Waals surface area contributed by atoms with Gasteiger partial charge in [-0.15, -0.1) is 24.0 Å². The van der Waals surface area contributed by atoms with Gasteiger partial charge in [0, 0.05) is 18.5 Å². The molecule has 1 aromatic carbocycles. The standard InChI is InChI=1S/C15H25N3.HI/c1-5-13(4)18-15(16)17-10-12(3)14-8-6-11(2)7-9-14;/h6-9,12-13H,5,10H2,1-4H3,(H3,16,17,18);1H. The van der Waals surface area contributed by atoms with Gasteiger partial charge in [-0.3, -0.25) is 4.99 Å². The molecule has 0 aliphatic carbocycles. The topological polar surface area (TPSA) is 50.4 Å². The molecule has 2 atom stereocenters. The highest BCUT2D eigenvalue weighted by Gasteiger charge is 2.05. The van der Waals surface area contributed by atoms with E-state index in [0.29, 0.717) is 17.9 Å². The van der Waals surface area contributed by atoms with Crippen molar-refractivity contribution in [2.24, 2.45) is 10.7 Å². The highest BCUT2D eigenvalue weighted by molar-refractivity contribution is 14.0. The van der Waals surface area contributed by atoms with Crippen molar-refractivity contribution >= 4 is 29.9 Å². The maximum atomic E-state index is 5.84. The smallest absolute Gasteiger partial charge is 0.188 e. The van der Waals surface area contributed by atoms with Crippen LogP contribution in [0.5, 0.6) is 0 Å². The molecule has 0 saturated carbocycles. The first kappa shape index (κ1) is 18.2. The maximum Gasteiger partial charge on any atom is 0.188 e. The number of halogens is 1. The molecule has 2 unspecified atom stereocenters. The molecule has 0 aromatic heterocycles. The number of aryl methyl sites for hydroxylation is 1. The Morgan fingerprint density at radius 3 is 2.37 bits per heavy atom. The van der Waals surface area contributed by atoms with Crippen molar-refractivity contribution in [3.05, 3.63) is 35.4 Å². The predicted molar refractivity (Wildman–Crippen MR) is 94.4 cm³/mol. The summed E-state index contributed by atoms with van der Waals surface area (Å²) in [7, 11) is 0. The van der Waals surface area contributed by atoms with Crippen LogP contribution >= 0.6 is 24.0 Å². The lowest BCUT2D eigenvalue weighted by molar-refractivity contribution is 0.634. The van der Waals surface area contributed by atoms with E-state index in [1.165, 1.54) is 11.1 Å². The highest BCUT2D eigenvalue weighted by atomic mass is 127. The van der Waals surface area contributed by atoms with Gasteiger partial charge in [0.15, 0.2) is 5.96 Å². The van der Waals surface area contributed by atoms with E-state index in [2.05, 4.69) is 62.3 Å². The van der Waals surface area contributed by atoms with E-state index in [1.807, 2.05) is 0 Å². The summed E-state index contributed by atoms with van der Waals surface area (Å²) in [5.74, 6) is 0.936. The molecule has 0 bridgehead atoms. The maximum absolute atomic E-state index is 5.84. The van der Waals surface area contributed by atoms with Crippen molar-refractivity contribution in [2.45, 2.75) is 46.1 Å². The molecule has 19 heavy (non-hydrogen) atoms. The molecule has 0 spiro atoms. The molecule has 108 valence electrons. The van der Waals surface area contributed by atoms with Crippen LogP contribution in [0.25, 0.3) is 0 Å². The number of benzene rings is 1. The summed E-state index contributed by atoms with van der Waals surface area (Å²) in [4.78, 5) is 4.39. The van der Waals surface area contributed by atoms with Crippen molar-refractivity contribution in [3.8, 4) is 0 Å². The third-order valence-electron chi connectivity index (χ3n) is 3.19. The third kappa shape index (κ3) is 6.80. The van der Waals surface area contributed by atoms with E-state index in [9.17, 15) is 0 Å². The van der Waals surface area contributed by atoms with Gasteiger partial charge in [-0.25, -0.2) is 0 Å². The van der Waals surface area contributed by atoms with Crippen LogP contribution in [0.3, 0.4) is 0 Å². The van der Waals surface area contributed by atoms with Crippen LogP contribution in [-0.4, -0.2) is 18.5 Å². The summed E-state index contributed by atoms with van der Waals surface area (Å²) in [6, 6.07) is 8.97. The molecule has 0 aliphatic rings. The quantitative estimate of drug-likeness (QED) is 0.471. The van der Waals surface area contributed by atoms with Gasteiger partial charge in [0.05, 0.1) is 0 Å². The summed E-state index contributed by atoms with van der Waals surface area (Å²) in [6.07, 6.45) is 1.05. The molecule has 0 saturated heterocycles. The van der Waals surface area contributed by atoms with Crippen LogP contribution in [-0.2, 0) is 0 Å². The Morgan fingerprint density at radius 1 is 1.26 bits per heavy atom. The number of hydrogen-bond donors (Lipinski definition) is 2. The average Bonchev–Trinajstić information content (AvgIpc) is 2.36. The van der Waals surface area contributed by atoms with Crippen LogP contribution in [0, 0.1) is 6.92 Å². The summed E-state index contributed by atoms with van der Waals surface area (Å²) in [6.45, 7) is 9.22. The van der Waals surface area contributed by atoms with Crippen molar-refractivity contribution in [1.29, 1.82) is 0 Å². The first-order chi connectivity index (χ1) is 8.52. The normalized spacial score (nSPS) is 14.4. The lowest BCUT2D eigenvalue weighted by atomic mass is 10.0. The summed E-state index contributed by atoms with van der Waals surface area (Å²) >= 11 is 0. The number of guanidine groups is 1. The minimum Gasteiger partial charge on any atom is -0.370 e. The molecule has 0 radical (unpaired) electrons. The van der Waals surface area contributed by atoms with Gasteiger partial charge >= 0.3 is 0 Å². The lowest BCUT2D eigenvalue weighted by Gasteiger charge is -2.13. The second-order valence-electron chi connectivity index (χ2n) is 4.99. The summed E-state index contributed by atoms with van der Waals surface area (Å²) < 4.78 is 0. The Bertz CT molecular complexity index is 387. The van der Waals surface area contributed by atoms with E-state index < -0.39 is 0 Å². The van der Waals surface area contributed by atoms with Gasteiger partial charge in [0.25, 0.3) is 0 Å². The van der Waals surface area contributed by atoms with Gasteiger partial charge in [-0.05, 0) is 25.8 Å². The third-order valence-corrected chi connectivity index (χ3v) is 3.19. The van der Waals surface area contributed by atoms with Gasteiger partial charge in [0.2, 0.25) is 0 Å². The lowest BCUT2D eigenvalue weighted by Crippen LogP contribution is -2.38. The number of nitrogens with two attached hydrogens (primary N) is 1. The second-order valence-corrected chi connectivity index (χ2v) is 4.99. The molecule has 3 N–H and O–H groups in total. The molecular weight excluding hydrogens is 349 g/mol. The first-order valence-electron chi connectivity index (χ1n) is 6.66. The Balaban J connectivity index is 0.00000324. The molecule has 1 rings (SSSR count). The van der Waals surface area contributed by atoms with Crippen molar-refractivity contribution < 1.29 is 0 Å². The van der Waals surface area contributed by atoms with Gasteiger partial charge in [-0.2, -0.15) is 0 Å². The zero-order valence-corrected chi connectivity index (χ0v) is 14.6. The molecule has 1 aromatic rings. The zero-order chi connectivity index (χ0) is 13.5. The minimum atomic E-state index is 0. The van der Waals surface area contributed by atoms with E-state index in [4.69, 9.17) is 5.73 Å². The molecule has 0 heterocycles. The molecule has 3 nitrogen and oxygen atoms in total. The van der Waals surface area contributed by atoms with Gasteiger partial charge in [-0.1, -0.05) is 43.7 Å². The van der Waals surface area contributed by atoms with Crippen LogP contribution in [0.4, 0.5) is 0 Å². The van der Waals surface area contributed by atoms with E-state index >= 15 is 0 Å². The second kappa shape index (κ2) is 9.18. The van der Waals surface area contributed by atoms with Gasteiger partial charge < -0.3 is 11.1 Å². The van der Waals surface area contributed by atoms with Gasteiger partial charge in [0.1, 0.15) is 0 Å². The number of rotatable bonds is 5. The minimum absolute atomic E-state index is 0. The molecule has 4 heteroatoms. The monoisotopic (exact) mass is 375 g/mol. The van der Waals surface area contributed by atoms with Crippen LogP contribution in [0.1, 0.15) is 44.2 Å². The zero-order valence-electron chi connectivity index (χ0n) is 12.3. The molecule has 0 amide bonds. The van der Waals surface area contributed by atoms with E-state index in [0.717, 1.165) is 13.0 Å². The van der Waals surface area contributed by atoms with E-state index in [1.54, 1.807) is 0 Å². The average molecular weight is 375 g/mol. The van der Waals surface area contributed by atoms with Crippen LogP contribution in [0.15, 0.2) is 29.3 Å². The van der Waals surface area contributed by atoms with Crippen molar-refractivity contribution in [2.75, 3.05) is 6.54 Å². The Hall–Kier alpha value is -0.780. The fourth-order valence-electron chi connectivity index (χ4n) is 1.64. The Labute approximate surface area is 134 Å². The SMILES string of the molecule is CCC(C)NC(N)=NCC(C)c1ccc(C)cc1.I. The van der Waals surface area contributed by atoms with Crippen molar-refractivity contribution in [1.82, 2.24) is 5.32 Å². The summed E-state index contributed by atoms with van der Waals surface area (Å²) in [5.41, 5.74) is 8.43. The Kier molecular flexibility index (Phi) is 8.80. The Morgan fingerprint density at radius 2 is 1.84 bits per heavy atom. The predicted octanol–water partition coefficient (Wildman–Crippen LogP) is 3.42. The largest absolute Gasteiger partial charge is 0.370 e. The number of nitrogens with one attached hydrogen (secondary N) is 1. The van der Waals surface area contributed by atoms with Crippen LogP contribution in [0.2, 0.25) is 0 Å².